The lowest BCUT2D eigenvalue weighted by atomic mass is 9.93. The number of hydrogen-bond acceptors (Lipinski definition) is 5. The molecule has 1 fully saturated rings. The van der Waals surface area contributed by atoms with E-state index in [0.29, 0.717) is 44.7 Å². The number of likely N-dealkylation sites (tertiary alicyclic amines) is 1. The van der Waals surface area contributed by atoms with Crippen molar-refractivity contribution in [2.24, 2.45) is 0 Å². The highest BCUT2D eigenvalue weighted by molar-refractivity contribution is 5.87. The fraction of sp³-hybridized carbons (Fsp3) is 0.667. The first-order valence-corrected chi connectivity index (χ1v) is 6.64. The fourth-order valence-electron chi connectivity index (χ4n) is 2.59. The second-order valence-corrected chi connectivity index (χ2v) is 4.76. The van der Waals surface area contributed by atoms with Crippen LogP contribution in [-0.2, 0) is 11.2 Å². The van der Waals surface area contributed by atoms with Gasteiger partial charge < -0.3 is 19.8 Å². The average molecular weight is 282 g/mol. The van der Waals surface area contributed by atoms with Gasteiger partial charge >= 0.3 is 12.0 Å². The van der Waals surface area contributed by atoms with Crippen molar-refractivity contribution >= 4 is 12.0 Å². The Morgan fingerprint density at radius 1 is 1.60 bits per heavy atom. The van der Waals surface area contributed by atoms with Crippen LogP contribution in [-0.4, -0.2) is 50.8 Å². The van der Waals surface area contributed by atoms with Gasteiger partial charge in [-0.3, -0.25) is 0 Å². The summed E-state index contributed by atoms with van der Waals surface area (Å²) in [6.45, 7) is 2.58. The Labute approximate surface area is 116 Å². The van der Waals surface area contributed by atoms with E-state index in [2.05, 4.69) is 15.5 Å². The molecule has 2 rings (SSSR count). The summed E-state index contributed by atoms with van der Waals surface area (Å²) >= 11 is 0. The van der Waals surface area contributed by atoms with E-state index >= 15 is 0 Å². The number of nitrogens with one attached hydrogen (secondary N) is 1. The predicted molar refractivity (Wildman–Crippen MR) is 68.0 cm³/mol. The summed E-state index contributed by atoms with van der Waals surface area (Å²) in [5, 5.41) is 15.6. The Morgan fingerprint density at radius 3 is 3.00 bits per heavy atom. The number of aliphatic carboxylic acids is 1. The van der Waals surface area contributed by atoms with E-state index in [1.165, 1.54) is 11.2 Å². The van der Waals surface area contributed by atoms with Crippen LogP contribution in [0.5, 0.6) is 0 Å². The number of carboxylic acid groups (broad SMARTS) is 1. The van der Waals surface area contributed by atoms with Crippen molar-refractivity contribution < 1.29 is 19.2 Å². The minimum atomic E-state index is -1.07. The Hall–Kier alpha value is -2.12. The molecule has 2 amide bonds. The van der Waals surface area contributed by atoms with Gasteiger partial charge in [0.25, 0.3) is 0 Å². The Bertz CT molecular complexity index is 476. The molecule has 0 aromatic carbocycles. The van der Waals surface area contributed by atoms with E-state index in [9.17, 15) is 14.7 Å². The number of carboxylic acids is 1. The molecule has 8 nitrogen and oxygen atoms in total. The first kappa shape index (κ1) is 14.3. The molecule has 20 heavy (non-hydrogen) atoms. The van der Waals surface area contributed by atoms with Crippen molar-refractivity contribution in [2.45, 2.75) is 38.1 Å². The van der Waals surface area contributed by atoms with Crippen LogP contribution in [0, 0.1) is 0 Å². The highest BCUT2D eigenvalue weighted by Crippen LogP contribution is 2.32. The molecular formula is C12H18N4O4. The average Bonchev–Trinajstić information content (AvgIpc) is 3.07. The monoisotopic (exact) mass is 282 g/mol. The second kappa shape index (κ2) is 5.89. The van der Waals surface area contributed by atoms with E-state index < -0.39 is 11.5 Å². The summed E-state index contributed by atoms with van der Waals surface area (Å²) in [6.07, 6.45) is 3.32. The first-order chi connectivity index (χ1) is 9.60. The number of urea groups is 1. The molecule has 0 spiro atoms. The van der Waals surface area contributed by atoms with Gasteiger partial charge in [-0.2, -0.15) is 4.98 Å². The number of aromatic nitrogens is 2. The van der Waals surface area contributed by atoms with Crippen molar-refractivity contribution in [1.82, 2.24) is 20.4 Å². The molecule has 0 saturated carbocycles. The van der Waals surface area contributed by atoms with E-state index in [-0.39, 0.29) is 6.03 Å². The van der Waals surface area contributed by atoms with Crippen LogP contribution in [0.2, 0.25) is 0 Å². The molecule has 1 aromatic rings. The number of amides is 2. The van der Waals surface area contributed by atoms with Crippen molar-refractivity contribution in [3.63, 3.8) is 0 Å². The molecule has 1 unspecified atom stereocenters. The van der Waals surface area contributed by atoms with Gasteiger partial charge in [-0.1, -0.05) is 12.1 Å². The number of carbonyl (C=O) groups excluding carboxylic acids is 1. The van der Waals surface area contributed by atoms with Crippen LogP contribution in [0.15, 0.2) is 10.9 Å². The highest BCUT2D eigenvalue weighted by atomic mass is 16.5. The summed E-state index contributed by atoms with van der Waals surface area (Å²) in [6, 6.07) is -0.355. The molecule has 2 N–H and O–H groups in total. The second-order valence-electron chi connectivity index (χ2n) is 4.76. The summed E-state index contributed by atoms with van der Waals surface area (Å²) in [5.74, 6) is -0.503. The molecule has 1 aliphatic rings. The number of hydrogen-bond donors (Lipinski definition) is 2. The third-order valence-electron chi connectivity index (χ3n) is 3.74. The lowest BCUT2D eigenvalue weighted by Gasteiger charge is -2.33. The first-order valence-electron chi connectivity index (χ1n) is 6.64. The molecule has 0 bridgehead atoms. The molecule has 1 atom stereocenters. The lowest BCUT2D eigenvalue weighted by molar-refractivity contribution is -0.148. The van der Waals surface area contributed by atoms with Gasteiger partial charge in [0.15, 0.2) is 6.33 Å². The van der Waals surface area contributed by atoms with Crippen LogP contribution in [0.3, 0.4) is 0 Å². The topological polar surface area (TPSA) is 109 Å². The fourth-order valence-corrected chi connectivity index (χ4v) is 2.59. The van der Waals surface area contributed by atoms with E-state index in [1.54, 1.807) is 6.92 Å². The zero-order chi connectivity index (χ0) is 14.6. The zero-order valence-electron chi connectivity index (χ0n) is 11.3. The summed E-state index contributed by atoms with van der Waals surface area (Å²) in [4.78, 5) is 28.9. The van der Waals surface area contributed by atoms with Crippen molar-refractivity contribution in [3.8, 4) is 0 Å². The van der Waals surface area contributed by atoms with Gasteiger partial charge in [-0.25, -0.2) is 9.59 Å². The van der Waals surface area contributed by atoms with Crippen LogP contribution in [0.4, 0.5) is 4.79 Å². The highest BCUT2D eigenvalue weighted by Gasteiger charge is 2.48. The van der Waals surface area contributed by atoms with Gasteiger partial charge in [0, 0.05) is 19.5 Å². The van der Waals surface area contributed by atoms with Crippen LogP contribution in [0.25, 0.3) is 0 Å². The molecule has 8 heteroatoms. The van der Waals surface area contributed by atoms with Gasteiger partial charge in [-0.15, -0.1) is 0 Å². The van der Waals surface area contributed by atoms with E-state index in [0.717, 1.165) is 0 Å². The van der Waals surface area contributed by atoms with Crippen LogP contribution in [0.1, 0.15) is 32.1 Å². The molecule has 110 valence electrons. The summed E-state index contributed by atoms with van der Waals surface area (Å²) < 4.78 is 4.82. The largest absolute Gasteiger partial charge is 0.479 e. The maximum Gasteiger partial charge on any atom is 0.329 e. The Balaban J connectivity index is 1.92. The molecule has 1 aliphatic heterocycles. The van der Waals surface area contributed by atoms with Crippen molar-refractivity contribution in [1.29, 1.82) is 0 Å². The summed E-state index contributed by atoms with van der Waals surface area (Å²) in [7, 11) is 0. The molecule has 2 heterocycles. The van der Waals surface area contributed by atoms with Gasteiger partial charge in [0.05, 0.1) is 0 Å². The maximum atomic E-state index is 12.1. The Kier molecular flexibility index (Phi) is 4.21. The molecule has 0 aliphatic carbocycles. The van der Waals surface area contributed by atoms with Crippen molar-refractivity contribution in [3.05, 3.63) is 12.2 Å². The van der Waals surface area contributed by atoms with Gasteiger partial charge in [-0.05, 0) is 19.3 Å². The van der Waals surface area contributed by atoms with Gasteiger partial charge in [0.1, 0.15) is 5.54 Å². The minimum absolute atomic E-state index is 0.330. The minimum Gasteiger partial charge on any atom is -0.479 e. The summed E-state index contributed by atoms with van der Waals surface area (Å²) in [5.41, 5.74) is -1.07. The normalized spacial score (nSPS) is 21.9. The maximum absolute atomic E-state index is 12.1. The quantitative estimate of drug-likeness (QED) is 0.820. The standard InChI is InChI=1S/C12H18N4O4/c1-2-12(10(17)18)5-3-7-16(12)11(19)13-6-4-9-14-8-15-20-9/h8H,2-7H2,1H3,(H,13,19)(H,17,18). The lowest BCUT2D eigenvalue weighted by Crippen LogP contribution is -2.55. The number of carbonyl (C=O) groups is 2. The van der Waals surface area contributed by atoms with Crippen LogP contribution < -0.4 is 5.32 Å². The van der Waals surface area contributed by atoms with Crippen LogP contribution >= 0.6 is 0 Å². The molecule has 1 saturated heterocycles. The Morgan fingerprint density at radius 2 is 2.40 bits per heavy atom. The molecule has 0 radical (unpaired) electrons. The number of rotatable bonds is 5. The molecule has 1 aromatic heterocycles. The smallest absolute Gasteiger partial charge is 0.329 e. The number of nitrogens with zero attached hydrogens (tertiary/aromatic N) is 3. The third kappa shape index (κ3) is 2.59. The third-order valence-corrected chi connectivity index (χ3v) is 3.74. The zero-order valence-corrected chi connectivity index (χ0v) is 11.3. The van der Waals surface area contributed by atoms with E-state index in [4.69, 9.17) is 4.52 Å². The van der Waals surface area contributed by atoms with Crippen molar-refractivity contribution in [2.75, 3.05) is 13.1 Å². The molecular weight excluding hydrogens is 264 g/mol. The van der Waals surface area contributed by atoms with Gasteiger partial charge in [0.2, 0.25) is 5.89 Å². The predicted octanol–water partition coefficient (Wildman–Crippen LogP) is 0.651. The SMILES string of the molecule is CCC1(C(=O)O)CCCN1C(=O)NCCc1ncno1. The van der Waals surface area contributed by atoms with E-state index in [1.807, 2.05) is 0 Å².